The van der Waals surface area contributed by atoms with Crippen LogP contribution in [0.4, 0.5) is 4.79 Å². The van der Waals surface area contributed by atoms with Crippen LogP contribution in [-0.4, -0.2) is 55.7 Å². The van der Waals surface area contributed by atoms with E-state index in [4.69, 9.17) is 27.9 Å². The molecule has 1 aromatic rings. The van der Waals surface area contributed by atoms with Gasteiger partial charge in [0.15, 0.2) is 6.61 Å². The fraction of sp³-hybridized carbons (Fsp3) is 0.471. The molecule has 0 saturated carbocycles. The summed E-state index contributed by atoms with van der Waals surface area (Å²) in [6.45, 7) is 5.38. The SMILES string of the molecule is CC(O)C(NS(=O)(=O)c1ccc(Cl)c(Cl)c1)C(=O)OCC(=O)NC(=O)NC(C)(C)C. The first kappa shape index (κ1) is 26.1. The van der Waals surface area contributed by atoms with Crippen molar-refractivity contribution < 1.29 is 32.6 Å². The monoisotopic (exact) mass is 483 g/mol. The van der Waals surface area contributed by atoms with E-state index in [-0.39, 0.29) is 14.9 Å². The van der Waals surface area contributed by atoms with Gasteiger partial charge in [0.05, 0.1) is 21.0 Å². The lowest BCUT2D eigenvalue weighted by molar-refractivity contribution is -0.152. The Hall–Kier alpha value is -1.92. The van der Waals surface area contributed by atoms with Gasteiger partial charge in [0, 0.05) is 5.54 Å². The summed E-state index contributed by atoms with van der Waals surface area (Å²) in [5, 5.41) is 14.3. The van der Waals surface area contributed by atoms with Gasteiger partial charge >= 0.3 is 12.0 Å². The number of ether oxygens (including phenoxy) is 1. The van der Waals surface area contributed by atoms with E-state index in [0.717, 1.165) is 19.1 Å². The molecule has 2 unspecified atom stereocenters. The van der Waals surface area contributed by atoms with Gasteiger partial charge in [0.25, 0.3) is 5.91 Å². The van der Waals surface area contributed by atoms with Crippen LogP contribution in [0.2, 0.25) is 10.0 Å². The predicted molar refractivity (Wildman–Crippen MR) is 110 cm³/mol. The number of imide groups is 1. The number of carbonyl (C=O) groups is 3. The van der Waals surface area contributed by atoms with Gasteiger partial charge in [-0.3, -0.25) is 14.9 Å². The van der Waals surface area contributed by atoms with E-state index in [9.17, 15) is 27.9 Å². The number of amides is 3. The van der Waals surface area contributed by atoms with Crippen molar-refractivity contribution in [3.05, 3.63) is 28.2 Å². The zero-order valence-electron chi connectivity index (χ0n) is 16.7. The number of carbonyl (C=O) groups excluding carboxylic acids is 3. The van der Waals surface area contributed by atoms with Crippen molar-refractivity contribution >= 4 is 51.1 Å². The first-order valence-corrected chi connectivity index (χ1v) is 10.8. The second kappa shape index (κ2) is 10.4. The summed E-state index contributed by atoms with van der Waals surface area (Å²) >= 11 is 11.6. The van der Waals surface area contributed by atoms with Gasteiger partial charge in [0.1, 0.15) is 6.04 Å². The summed E-state index contributed by atoms with van der Waals surface area (Å²) in [7, 11) is -4.29. The third kappa shape index (κ3) is 8.44. The third-order valence-electron chi connectivity index (χ3n) is 3.31. The average Bonchev–Trinajstić information content (AvgIpc) is 2.57. The summed E-state index contributed by atoms with van der Waals surface area (Å²) in [5.41, 5.74) is -0.596. The Morgan fingerprint density at radius 3 is 2.27 bits per heavy atom. The van der Waals surface area contributed by atoms with E-state index >= 15 is 0 Å². The van der Waals surface area contributed by atoms with Crippen molar-refractivity contribution in [1.29, 1.82) is 0 Å². The minimum atomic E-state index is -4.29. The highest BCUT2D eigenvalue weighted by Crippen LogP contribution is 2.25. The number of hydrogen-bond donors (Lipinski definition) is 4. The highest BCUT2D eigenvalue weighted by atomic mass is 35.5. The standard InChI is InChI=1S/C17H23Cl2N3O7S/c1-9(23)14(22-30(27,28)10-5-6-11(18)12(19)7-10)15(25)29-8-13(24)20-16(26)21-17(2,3)4/h5-7,9,14,22-23H,8H2,1-4H3,(H2,20,21,24,26). The molecule has 0 aliphatic carbocycles. The van der Waals surface area contributed by atoms with Gasteiger partial charge in [-0.1, -0.05) is 23.2 Å². The number of hydrogen-bond acceptors (Lipinski definition) is 7. The van der Waals surface area contributed by atoms with Crippen molar-refractivity contribution in [3.8, 4) is 0 Å². The molecule has 0 heterocycles. The third-order valence-corrected chi connectivity index (χ3v) is 5.48. The van der Waals surface area contributed by atoms with Crippen LogP contribution in [0.5, 0.6) is 0 Å². The molecule has 0 saturated heterocycles. The summed E-state index contributed by atoms with van der Waals surface area (Å²) in [5.74, 6) is -2.17. The number of halogens is 2. The highest BCUT2D eigenvalue weighted by Gasteiger charge is 2.31. The van der Waals surface area contributed by atoms with Crippen molar-refractivity contribution in [3.63, 3.8) is 0 Å². The molecule has 0 aliphatic rings. The molecule has 0 spiro atoms. The Balaban J connectivity index is 2.78. The molecule has 0 bridgehead atoms. The lowest BCUT2D eigenvalue weighted by atomic mass is 10.1. The molecule has 0 aromatic heterocycles. The first-order chi connectivity index (χ1) is 13.6. The Labute approximate surface area is 184 Å². The number of sulfonamides is 1. The van der Waals surface area contributed by atoms with Crippen LogP contribution in [0.25, 0.3) is 0 Å². The number of aliphatic hydroxyl groups excluding tert-OH is 1. The van der Waals surface area contributed by atoms with E-state index in [0.29, 0.717) is 0 Å². The van der Waals surface area contributed by atoms with Crippen molar-refractivity contribution in [2.24, 2.45) is 0 Å². The zero-order valence-corrected chi connectivity index (χ0v) is 19.0. The number of benzene rings is 1. The number of nitrogens with one attached hydrogen (secondary N) is 3. The lowest BCUT2D eigenvalue weighted by Gasteiger charge is -2.21. The molecule has 0 aliphatic heterocycles. The number of rotatable bonds is 7. The van der Waals surface area contributed by atoms with E-state index in [1.54, 1.807) is 20.8 Å². The molecule has 0 fully saturated rings. The minimum absolute atomic E-state index is 0.0269. The maximum absolute atomic E-state index is 12.5. The van der Waals surface area contributed by atoms with Gasteiger partial charge in [-0.15, -0.1) is 0 Å². The molecule has 1 aromatic carbocycles. The quantitative estimate of drug-likeness (QED) is 0.425. The van der Waals surface area contributed by atoms with E-state index in [1.807, 2.05) is 10.0 Å². The number of esters is 1. The molecule has 168 valence electrons. The van der Waals surface area contributed by atoms with Gasteiger partial charge in [-0.05, 0) is 45.9 Å². The second-order valence-electron chi connectivity index (χ2n) is 7.28. The van der Waals surface area contributed by atoms with E-state index < -0.39 is 52.2 Å². The van der Waals surface area contributed by atoms with Crippen LogP contribution in [0.3, 0.4) is 0 Å². The number of urea groups is 1. The topological polar surface area (TPSA) is 151 Å². The predicted octanol–water partition coefficient (Wildman–Crippen LogP) is 1.19. The van der Waals surface area contributed by atoms with Crippen LogP contribution >= 0.6 is 23.2 Å². The zero-order chi connectivity index (χ0) is 23.3. The Morgan fingerprint density at radius 2 is 1.77 bits per heavy atom. The van der Waals surface area contributed by atoms with Crippen LogP contribution in [-0.2, 0) is 24.3 Å². The molecular weight excluding hydrogens is 461 g/mol. The normalized spacial score (nSPS) is 13.8. The summed E-state index contributed by atoms with van der Waals surface area (Å²) < 4.78 is 31.6. The maximum Gasteiger partial charge on any atom is 0.327 e. The molecule has 4 N–H and O–H groups in total. The molecular formula is C17H23Cl2N3O7S. The van der Waals surface area contributed by atoms with Crippen molar-refractivity contribution in [2.45, 2.75) is 50.3 Å². The summed E-state index contributed by atoms with van der Waals surface area (Å²) in [4.78, 5) is 35.2. The molecule has 2 atom stereocenters. The lowest BCUT2D eigenvalue weighted by Crippen LogP contribution is -2.51. The summed E-state index contributed by atoms with van der Waals surface area (Å²) in [6, 6.07) is 0.956. The molecule has 30 heavy (non-hydrogen) atoms. The van der Waals surface area contributed by atoms with Crippen molar-refractivity contribution in [2.75, 3.05) is 6.61 Å². The van der Waals surface area contributed by atoms with Crippen LogP contribution < -0.4 is 15.4 Å². The Kier molecular flexibility index (Phi) is 9.06. The van der Waals surface area contributed by atoms with Gasteiger partial charge in [-0.25, -0.2) is 13.2 Å². The summed E-state index contributed by atoms with van der Waals surface area (Å²) in [6.07, 6.45) is -1.50. The van der Waals surface area contributed by atoms with Crippen molar-refractivity contribution in [1.82, 2.24) is 15.4 Å². The highest BCUT2D eigenvalue weighted by molar-refractivity contribution is 7.89. The number of aliphatic hydroxyl groups is 1. The molecule has 0 radical (unpaired) electrons. The average molecular weight is 484 g/mol. The Morgan fingerprint density at radius 1 is 1.17 bits per heavy atom. The minimum Gasteiger partial charge on any atom is -0.454 e. The fourth-order valence-corrected chi connectivity index (χ4v) is 3.63. The van der Waals surface area contributed by atoms with E-state index in [1.165, 1.54) is 6.07 Å². The van der Waals surface area contributed by atoms with Gasteiger partial charge < -0.3 is 15.2 Å². The fourth-order valence-electron chi connectivity index (χ4n) is 1.98. The smallest absolute Gasteiger partial charge is 0.327 e. The molecule has 3 amide bonds. The maximum atomic E-state index is 12.5. The van der Waals surface area contributed by atoms with Gasteiger partial charge in [0.2, 0.25) is 10.0 Å². The van der Waals surface area contributed by atoms with Gasteiger partial charge in [-0.2, -0.15) is 4.72 Å². The molecule has 10 nitrogen and oxygen atoms in total. The van der Waals surface area contributed by atoms with Crippen LogP contribution in [0.15, 0.2) is 23.1 Å². The Bertz CT molecular complexity index is 914. The second-order valence-corrected chi connectivity index (χ2v) is 9.80. The molecule has 13 heteroatoms. The van der Waals surface area contributed by atoms with E-state index in [2.05, 4.69) is 5.32 Å². The molecule has 1 rings (SSSR count). The first-order valence-electron chi connectivity index (χ1n) is 8.56. The van der Waals surface area contributed by atoms with Crippen LogP contribution in [0.1, 0.15) is 27.7 Å². The largest absolute Gasteiger partial charge is 0.454 e. The van der Waals surface area contributed by atoms with Crippen LogP contribution in [0, 0.1) is 0 Å².